The van der Waals surface area contributed by atoms with Crippen LogP contribution >= 0.6 is 11.3 Å². The Hall–Kier alpha value is -1.73. The van der Waals surface area contributed by atoms with Gasteiger partial charge in [0.25, 0.3) is 5.91 Å². The summed E-state index contributed by atoms with van der Waals surface area (Å²) in [5, 5.41) is 5.31. The average molecular weight is 336 g/mol. The van der Waals surface area contributed by atoms with E-state index < -0.39 is 9.84 Å². The largest absolute Gasteiger partial charge is 0.350 e. The second-order valence-corrected chi connectivity index (χ2v) is 8.47. The molecule has 0 bridgehead atoms. The third-order valence-corrected chi connectivity index (χ3v) is 6.36. The molecule has 1 unspecified atom stereocenters. The number of sulfone groups is 1. The molecule has 2 heterocycles. The lowest BCUT2D eigenvalue weighted by atomic mass is 10.1. The zero-order chi connectivity index (χ0) is 15.6. The van der Waals surface area contributed by atoms with E-state index in [0.717, 1.165) is 10.6 Å². The summed E-state index contributed by atoms with van der Waals surface area (Å²) in [7, 11) is -2.90. The number of carbonyl (C=O) groups excluding carboxylic acids is 1. The van der Waals surface area contributed by atoms with Crippen molar-refractivity contribution in [3.63, 3.8) is 0 Å². The first-order valence-corrected chi connectivity index (χ1v) is 9.73. The van der Waals surface area contributed by atoms with Gasteiger partial charge in [-0.25, -0.2) is 13.4 Å². The number of aromatic nitrogens is 1. The lowest BCUT2D eigenvalue weighted by Gasteiger charge is -2.08. The Balaban J connectivity index is 1.60. The van der Waals surface area contributed by atoms with Crippen LogP contribution in [0.4, 0.5) is 0 Å². The van der Waals surface area contributed by atoms with Crippen molar-refractivity contribution in [2.75, 3.05) is 18.1 Å². The van der Waals surface area contributed by atoms with E-state index in [1.807, 2.05) is 30.3 Å². The Morgan fingerprint density at radius 2 is 2.09 bits per heavy atom. The molecule has 0 spiro atoms. The molecule has 1 fully saturated rings. The van der Waals surface area contributed by atoms with E-state index in [0.29, 0.717) is 18.7 Å². The molecule has 1 aromatic heterocycles. The van der Waals surface area contributed by atoms with E-state index in [4.69, 9.17) is 0 Å². The van der Waals surface area contributed by atoms with Gasteiger partial charge in [-0.3, -0.25) is 4.79 Å². The number of rotatable bonds is 4. The molecule has 1 N–H and O–H groups in total. The Morgan fingerprint density at radius 1 is 1.32 bits per heavy atom. The van der Waals surface area contributed by atoms with Gasteiger partial charge in [0.15, 0.2) is 9.84 Å². The van der Waals surface area contributed by atoms with Gasteiger partial charge in [-0.15, -0.1) is 11.3 Å². The summed E-state index contributed by atoms with van der Waals surface area (Å²) in [6.45, 7) is 0.385. The molecule has 116 valence electrons. The second-order valence-electron chi connectivity index (χ2n) is 5.38. The molecule has 1 amide bonds. The van der Waals surface area contributed by atoms with Crippen molar-refractivity contribution in [1.82, 2.24) is 10.3 Å². The third-order valence-electron chi connectivity index (χ3n) is 3.64. The van der Waals surface area contributed by atoms with Crippen LogP contribution in [0.2, 0.25) is 0 Å². The molecule has 2 aromatic rings. The highest BCUT2D eigenvalue weighted by molar-refractivity contribution is 7.91. The van der Waals surface area contributed by atoms with Gasteiger partial charge in [0.05, 0.1) is 11.5 Å². The number of hydrogen-bond donors (Lipinski definition) is 1. The minimum Gasteiger partial charge on any atom is -0.350 e. The third kappa shape index (κ3) is 3.53. The number of nitrogens with zero attached hydrogens (tertiary/aromatic N) is 1. The van der Waals surface area contributed by atoms with E-state index in [-0.39, 0.29) is 23.3 Å². The zero-order valence-corrected chi connectivity index (χ0v) is 13.5. The van der Waals surface area contributed by atoms with Gasteiger partial charge in [-0.05, 0) is 12.3 Å². The van der Waals surface area contributed by atoms with Crippen LogP contribution in [0.1, 0.15) is 16.9 Å². The fourth-order valence-electron chi connectivity index (χ4n) is 2.45. The number of nitrogens with one attached hydrogen (secondary N) is 1. The number of amides is 1. The number of thiazole rings is 1. The van der Waals surface area contributed by atoms with E-state index in [2.05, 4.69) is 10.3 Å². The molecular formula is C15H16N2O3S2. The maximum Gasteiger partial charge on any atom is 0.270 e. The quantitative estimate of drug-likeness (QED) is 0.926. The number of carbonyl (C=O) groups is 1. The fraction of sp³-hybridized carbons (Fsp3) is 0.333. The van der Waals surface area contributed by atoms with E-state index in [1.165, 1.54) is 11.3 Å². The van der Waals surface area contributed by atoms with Gasteiger partial charge >= 0.3 is 0 Å². The Kier molecular flexibility index (Phi) is 4.26. The molecule has 1 aliphatic rings. The van der Waals surface area contributed by atoms with Gasteiger partial charge in [0.1, 0.15) is 10.7 Å². The van der Waals surface area contributed by atoms with E-state index in [1.54, 1.807) is 5.38 Å². The summed E-state index contributed by atoms with van der Waals surface area (Å²) in [6, 6.07) is 9.68. The minimum atomic E-state index is -2.90. The summed E-state index contributed by atoms with van der Waals surface area (Å²) in [6.07, 6.45) is 0.620. The van der Waals surface area contributed by atoms with Gasteiger partial charge in [0.2, 0.25) is 0 Å². The average Bonchev–Trinajstić information content (AvgIpc) is 3.12. The molecule has 0 saturated carbocycles. The predicted molar refractivity (Wildman–Crippen MR) is 86.6 cm³/mol. The van der Waals surface area contributed by atoms with Crippen LogP contribution in [-0.2, 0) is 9.84 Å². The highest BCUT2D eigenvalue weighted by Gasteiger charge is 2.28. The van der Waals surface area contributed by atoms with Gasteiger partial charge in [0, 0.05) is 17.5 Å². The van der Waals surface area contributed by atoms with Crippen molar-refractivity contribution < 1.29 is 13.2 Å². The van der Waals surface area contributed by atoms with E-state index >= 15 is 0 Å². The van der Waals surface area contributed by atoms with Crippen molar-refractivity contribution >= 4 is 27.1 Å². The van der Waals surface area contributed by atoms with Crippen LogP contribution in [0, 0.1) is 5.92 Å². The van der Waals surface area contributed by atoms with Crippen molar-refractivity contribution in [2.24, 2.45) is 5.92 Å². The van der Waals surface area contributed by atoms with Gasteiger partial charge in [-0.2, -0.15) is 0 Å². The monoisotopic (exact) mass is 336 g/mol. The summed E-state index contributed by atoms with van der Waals surface area (Å²) >= 11 is 1.42. The molecule has 22 heavy (non-hydrogen) atoms. The van der Waals surface area contributed by atoms with Crippen molar-refractivity contribution in [3.05, 3.63) is 41.4 Å². The minimum absolute atomic E-state index is 0.0150. The van der Waals surface area contributed by atoms with Crippen LogP contribution < -0.4 is 5.32 Å². The molecule has 1 aliphatic heterocycles. The Bertz CT molecular complexity index is 769. The molecule has 3 rings (SSSR count). The lowest BCUT2D eigenvalue weighted by Crippen LogP contribution is -2.30. The van der Waals surface area contributed by atoms with Crippen molar-refractivity contribution in [1.29, 1.82) is 0 Å². The standard InChI is InChI=1S/C15H16N2O3S2/c18-14(16-8-11-6-7-22(19,20)10-11)13-9-21-15(17-13)12-4-2-1-3-5-12/h1-5,9,11H,6-8,10H2,(H,16,18). The second kappa shape index (κ2) is 6.18. The maximum atomic E-state index is 12.1. The van der Waals surface area contributed by atoms with Crippen LogP contribution in [-0.4, -0.2) is 37.4 Å². The maximum absolute atomic E-state index is 12.1. The first-order valence-electron chi connectivity index (χ1n) is 7.03. The Labute approximate surface area is 133 Å². The van der Waals surface area contributed by atoms with Gasteiger partial charge < -0.3 is 5.32 Å². The Morgan fingerprint density at radius 3 is 2.77 bits per heavy atom. The zero-order valence-electron chi connectivity index (χ0n) is 11.9. The first kappa shape index (κ1) is 15.2. The first-order chi connectivity index (χ1) is 10.5. The smallest absolute Gasteiger partial charge is 0.270 e. The van der Waals surface area contributed by atoms with Crippen molar-refractivity contribution in [2.45, 2.75) is 6.42 Å². The summed E-state index contributed by atoms with van der Waals surface area (Å²) in [5.74, 6) is 0.158. The molecule has 1 aromatic carbocycles. The highest BCUT2D eigenvalue weighted by atomic mass is 32.2. The summed E-state index contributed by atoms with van der Waals surface area (Å²) in [4.78, 5) is 16.4. The van der Waals surface area contributed by atoms with Gasteiger partial charge in [-0.1, -0.05) is 30.3 Å². The summed E-state index contributed by atoms with van der Waals surface area (Å²) in [5.41, 5.74) is 1.36. The van der Waals surface area contributed by atoms with Crippen LogP contribution in [0.15, 0.2) is 35.7 Å². The van der Waals surface area contributed by atoms with Crippen LogP contribution in [0.3, 0.4) is 0 Å². The normalized spacial score (nSPS) is 19.9. The topological polar surface area (TPSA) is 76.1 Å². The molecule has 0 radical (unpaired) electrons. The molecule has 1 saturated heterocycles. The van der Waals surface area contributed by atoms with Crippen LogP contribution in [0.25, 0.3) is 10.6 Å². The lowest BCUT2D eigenvalue weighted by molar-refractivity contribution is 0.0944. The molecule has 5 nitrogen and oxygen atoms in total. The molecule has 1 atom stereocenters. The van der Waals surface area contributed by atoms with Crippen molar-refractivity contribution in [3.8, 4) is 10.6 Å². The number of benzene rings is 1. The van der Waals surface area contributed by atoms with E-state index in [9.17, 15) is 13.2 Å². The number of hydrogen-bond acceptors (Lipinski definition) is 5. The molecule has 0 aliphatic carbocycles. The summed E-state index contributed by atoms with van der Waals surface area (Å²) < 4.78 is 22.8. The SMILES string of the molecule is O=C(NCC1CCS(=O)(=O)C1)c1csc(-c2ccccc2)n1. The fourth-order valence-corrected chi connectivity index (χ4v) is 5.12. The molecular weight excluding hydrogens is 320 g/mol. The molecule has 7 heteroatoms. The predicted octanol–water partition coefficient (Wildman–Crippen LogP) is 1.97. The van der Waals surface area contributed by atoms with Crippen LogP contribution in [0.5, 0.6) is 0 Å². The highest BCUT2D eigenvalue weighted by Crippen LogP contribution is 2.23.